The van der Waals surface area contributed by atoms with Crippen molar-refractivity contribution >= 4 is 6.47 Å². The Hall–Kier alpha value is -1.59. The highest BCUT2D eigenvalue weighted by Crippen LogP contribution is 2.45. The van der Waals surface area contributed by atoms with Gasteiger partial charge in [0.05, 0.1) is 12.7 Å². The standard InChI is InChI=1S/C22H35NO2.CH2O2/c1-5-25-20-12-17(4)18(13-19(20)16(2)3)14-23-11-7-10-22(15-23)9-6-8-21(22)24;2-1-3/h12-13,16,21,24H,5-11,14-15H2,1-4H3;1H,(H,2,3)/t21-,22-;/m1./s1. The molecule has 1 saturated carbocycles. The van der Waals surface area contributed by atoms with Crippen molar-refractivity contribution in [1.82, 2.24) is 4.90 Å². The number of aliphatic hydroxyl groups is 1. The van der Waals surface area contributed by atoms with Gasteiger partial charge in [0.25, 0.3) is 6.47 Å². The van der Waals surface area contributed by atoms with E-state index < -0.39 is 0 Å². The lowest BCUT2D eigenvalue weighted by atomic mass is 9.76. The third kappa shape index (κ3) is 5.26. The van der Waals surface area contributed by atoms with Crippen molar-refractivity contribution in [3.05, 3.63) is 28.8 Å². The summed E-state index contributed by atoms with van der Waals surface area (Å²) >= 11 is 0. The molecule has 1 heterocycles. The van der Waals surface area contributed by atoms with E-state index in [4.69, 9.17) is 14.6 Å². The van der Waals surface area contributed by atoms with Gasteiger partial charge in [0.15, 0.2) is 0 Å². The molecule has 1 aliphatic carbocycles. The molecule has 2 aliphatic rings. The van der Waals surface area contributed by atoms with Crippen LogP contribution in [0.15, 0.2) is 12.1 Å². The number of carbonyl (C=O) groups is 1. The van der Waals surface area contributed by atoms with Gasteiger partial charge in [0.1, 0.15) is 5.75 Å². The van der Waals surface area contributed by atoms with Crippen LogP contribution >= 0.6 is 0 Å². The molecule has 1 aromatic rings. The summed E-state index contributed by atoms with van der Waals surface area (Å²) in [5.41, 5.74) is 4.21. The Morgan fingerprint density at radius 3 is 2.57 bits per heavy atom. The normalized spacial score (nSPS) is 24.9. The number of rotatable bonds is 5. The number of benzene rings is 1. The fourth-order valence-electron chi connectivity index (χ4n) is 4.88. The molecule has 0 bridgehead atoms. The van der Waals surface area contributed by atoms with Gasteiger partial charge >= 0.3 is 0 Å². The monoisotopic (exact) mass is 391 g/mol. The maximum absolute atomic E-state index is 10.5. The molecular weight excluding hydrogens is 354 g/mol. The molecule has 0 unspecified atom stereocenters. The topological polar surface area (TPSA) is 70.0 Å². The number of hydrogen-bond donors (Lipinski definition) is 2. The van der Waals surface area contributed by atoms with Crippen LogP contribution in [0.4, 0.5) is 0 Å². The Morgan fingerprint density at radius 1 is 1.32 bits per heavy atom. The summed E-state index contributed by atoms with van der Waals surface area (Å²) in [6, 6.07) is 4.58. The van der Waals surface area contributed by atoms with E-state index in [1.54, 1.807) is 0 Å². The van der Waals surface area contributed by atoms with Crippen LogP contribution in [0.3, 0.4) is 0 Å². The van der Waals surface area contributed by atoms with Gasteiger partial charge in [-0.2, -0.15) is 0 Å². The molecule has 5 heteroatoms. The molecule has 158 valence electrons. The number of aryl methyl sites for hydroxylation is 1. The number of likely N-dealkylation sites (tertiary alicyclic amines) is 1. The van der Waals surface area contributed by atoms with Gasteiger partial charge in [-0.3, -0.25) is 9.69 Å². The van der Waals surface area contributed by atoms with Crippen LogP contribution < -0.4 is 4.74 Å². The summed E-state index contributed by atoms with van der Waals surface area (Å²) in [5, 5.41) is 17.4. The van der Waals surface area contributed by atoms with Gasteiger partial charge in [0, 0.05) is 18.5 Å². The van der Waals surface area contributed by atoms with Crippen LogP contribution in [0.2, 0.25) is 0 Å². The lowest BCUT2D eigenvalue weighted by molar-refractivity contribution is -0.122. The Kier molecular flexibility index (Phi) is 8.32. The first-order valence-corrected chi connectivity index (χ1v) is 10.6. The van der Waals surface area contributed by atoms with E-state index in [0.29, 0.717) is 12.5 Å². The zero-order valence-electron chi connectivity index (χ0n) is 17.9. The molecule has 2 N–H and O–H groups in total. The van der Waals surface area contributed by atoms with Crippen molar-refractivity contribution in [3.8, 4) is 5.75 Å². The number of carboxylic acid groups (broad SMARTS) is 1. The van der Waals surface area contributed by atoms with Crippen molar-refractivity contribution < 1.29 is 19.7 Å². The van der Waals surface area contributed by atoms with Gasteiger partial charge in [-0.25, -0.2) is 0 Å². The third-order valence-electron chi connectivity index (χ3n) is 6.33. The fourth-order valence-corrected chi connectivity index (χ4v) is 4.88. The minimum atomic E-state index is -0.250. The second kappa shape index (κ2) is 10.3. The number of ether oxygens (including phenoxy) is 1. The predicted octanol–water partition coefficient (Wildman–Crippen LogP) is 4.34. The molecule has 3 rings (SSSR count). The van der Waals surface area contributed by atoms with Gasteiger partial charge in [-0.05, 0) is 74.8 Å². The zero-order valence-corrected chi connectivity index (χ0v) is 17.9. The van der Waals surface area contributed by atoms with E-state index in [1.165, 1.54) is 42.4 Å². The van der Waals surface area contributed by atoms with Crippen molar-refractivity contribution in [3.63, 3.8) is 0 Å². The number of piperidine rings is 1. The average molecular weight is 392 g/mol. The fraction of sp³-hybridized carbons (Fsp3) is 0.696. The van der Waals surface area contributed by atoms with Gasteiger partial charge < -0.3 is 14.9 Å². The number of hydrogen-bond acceptors (Lipinski definition) is 4. The maximum atomic E-state index is 10.5. The lowest BCUT2D eigenvalue weighted by Crippen LogP contribution is -2.46. The Morgan fingerprint density at radius 2 is 2.00 bits per heavy atom. The molecule has 1 aliphatic heterocycles. The molecule has 2 fully saturated rings. The SMILES string of the molecule is CCOc1cc(C)c(CN2CCC[C@]3(CCC[C@H]3O)C2)cc1C(C)C.O=CO. The molecule has 28 heavy (non-hydrogen) atoms. The average Bonchev–Trinajstić information content (AvgIpc) is 2.97. The first-order chi connectivity index (χ1) is 13.4. The van der Waals surface area contributed by atoms with Crippen molar-refractivity contribution in [2.24, 2.45) is 5.41 Å². The number of aliphatic hydroxyl groups excluding tert-OH is 1. The van der Waals surface area contributed by atoms with E-state index in [-0.39, 0.29) is 18.0 Å². The van der Waals surface area contributed by atoms with Gasteiger partial charge in [0.2, 0.25) is 0 Å². The summed E-state index contributed by atoms with van der Waals surface area (Å²) < 4.78 is 5.87. The van der Waals surface area contributed by atoms with Gasteiger partial charge in [-0.1, -0.05) is 26.3 Å². The van der Waals surface area contributed by atoms with Crippen LogP contribution in [-0.2, 0) is 11.3 Å². The highest BCUT2D eigenvalue weighted by molar-refractivity contribution is 5.44. The second-order valence-electron chi connectivity index (χ2n) is 8.59. The highest BCUT2D eigenvalue weighted by atomic mass is 16.5. The van der Waals surface area contributed by atoms with E-state index >= 15 is 0 Å². The maximum Gasteiger partial charge on any atom is 0.290 e. The third-order valence-corrected chi connectivity index (χ3v) is 6.33. The Balaban J connectivity index is 0.000000878. The number of nitrogens with zero attached hydrogens (tertiary/aromatic N) is 1. The minimum absolute atomic E-state index is 0.0945. The minimum Gasteiger partial charge on any atom is -0.494 e. The van der Waals surface area contributed by atoms with Crippen LogP contribution in [-0.4, -0.2) is 47.4 Å². The highest BCUT2D eigenvalue weighted by Gasteiger charge is 2.44. The quantitative estimate of drug-likeness (QED) is 0.731. The molecule has 2 atom stereocenters. The Bertz CT molecular complexity index is 646. The van der Waals surface area contributed by atoms with Crippen LogP contribution in [0.25, 0.3) is 0 Å². The summed E-state index contributed by atoms with van der Waals surface area (Å²) in [6.45, 7) is 12.4. The summed E-state index contributed by atoms with van der Waals surface area (Å²) in [6.07, 6.45) is 5.70. The van der Waals surface area contributed by atoms with E-state index in [0.717, 1.165) is 31.8 Å². The summed E-state index contributed by atoms with van der Waals surface area (Å²) in [7, 11) is 0. The molecule has 0 radical (unpaired) electrons. The molecule has 0 amide bonds. The van der Waals surface area contributed by atoms with Crippen molar-refractivity contribution in [2.75, 3.05) is 19.7 Å². The zero-order chi connectivity index (χ0) is 20.7. The first kappa shape index (κ1) is 22.7. The molecule has 0 aromatic heterocycles. The Labute approximate surface area is 169 Å². The van der Waals surface area contributed by atoms with Gasteiger partial charge in [-0.15, -0.1) is 0 Å². The largest absolute Gasteiger partial charge is 0.494 e. The summed E-state index contributed by atoms with van der Waals surface area (Å²) in [5.74, 6) is 1.50. The lowest BCUT2D eigenvalue weighted by Gasteiger charge is -2.43. The van der Waals surface area contributed by atoms with Crippen molar-refractivity contribution in [2.45, 2.75) is 78.4 Å². The molecular formula is C23H37NO4. The molecule has 5 nitrogen and oxygen atoms in total. The van der Waals surface area contributed by atoms with E-state index in [2.05, 4.69) is 37.8 Å². The molecule has 1 spiro atoms. The molecule has 1 aromatic carbocycles. The summed E-state index contributed by atoms with van der Waals surface area (Å²) in [4.78, 5) is 10.9. The second-order valence-corrected chi connectivity index (χ2v) is 8.59. The first-order valence-electron chi connectivity index (χ1n) is 10.6. The van der Waals surface area contributed by atoms with Crippen molar-refractivity contribution in [1.29, 1.82) is 0 Å². The predicted molar refractivity (Wildman–Crippen MR) is 112 cm³/mol. The van der Waals surface area contributed by atoms with E-state index in [9.17, 15) is 5.11 Å². The van der Waals surface area contributed by atoms with Crippen LogP contribution in [0.5, 0.6) is 5.75 Å². The van der Waals surface area contributed by atoms with Crippen LogP contribution in [0, 0.1) is 12.3 Å². The molecule has 1 saturated heterocycles. The van der Waals surface area contributed by atoms with E-state index in [1.807, 2.05) is 6.92 Å². The smallest absolute Gasteiger partial charge is 0.290 e. The van der Waals surface area contributed by atoms with Crippen LogP contribution in [0.1, 0.15) is 75.5 Å².